The van der Waals surface area contributed by atoms with Gasteiger partial charge in [-0.15, -0.1) is 0 Å². The van der Waals surface area contributed by atoms with Crippen LogP contribution in [0.4, 0.5) is 5.69 Å². The summed E-state index contributed by atoms with van der Waals surface area (Å²) in [6.45, 7) is 3.59. The number of hydrogen-bond acceptors (Lipinski definition) is 5. The summed E-state index contributed by atoms with van der Waals surface area (Å²) in [4.78, 5) is 40.2. The highest BCUT2D eigenvalue weighted by Gasteiger charge is 2.24. The normalized spacial score (nSPS) is 12.7. The van der Waals surface area contributed by atoms with Crippen LogP contribution in [0.25, 0.3) is 11.1 Å². The number of aliphatic hydroxyl groups excluding tert-OH is 1. The number of para-hydroxylation sites is 1. The molecule has 5 rings (SSSR count). The zero-order chi connectivity index (χ0) is 33.2. The van der Waals surface area contributed by atoms with E-state index in [4.69, 9.17) is 0 Å². The molecule has 5 aromatic carbocycles. The van der Waals surface area contributed by atoms with Crippen molar-refractivity contribution in [2.24, 2.45) is 0 Å². The van der Waals surface area contributed by atoms with Gasteiger partial charge in [0.1, 0.15) is 0 Å². The van der Waals surface area contributed by atoms with Crippen molar-refractivity contribution in [2.45, 2.75) is 38.5 Å². The second-order valence-corrected chi connectivity index (χ2v) is 11.6. The van der Waals surface area contributed by atoms with Crippen molar-refractivity contribution in [2.75, 3.05) is 11.9 Å². The van der Waals surface area contributed by atoms with E-state index in [0.29, 0.717) is 23.1 Å². The first-order valence-corrected chi connectivity index (χ1v) is 15.7. The highest BCUT2D eigenvalue weighted by molar-refractivity contribution is 6.04. The molecule has 47 heavy (non-hydrogen) atoms. The largest absolute Gasteiger partial charge is 0.389 e. The molecule has 0 saturated heterocycles. The van der Waals surface area contributed by atoms with Gasteiger partial charge in [-0.05, 0) is 72.9 Å². The Hall–Kier alpha value is -5.53. The Balaban J connectivity index is 1.47. The molecule has 0 unspecified atom stereocenters. The fraction of sp³-hybridized carbons (Fsp3) is 0.175. The molecule has 0 aliphatic carbocycles. The molecule has 0 aliphatic heterocycles. The van der Waals surface area contributed by atoms with Crippen molar-refractivity contribution in [3.05, 3.63) is 161 Å². The Morgan fingerprint density at radius 3 is 1.87 bits per heavy atom. The Bertz CT molecular complexity index is 1810. The molecule has 238 valence electrons. The van der Waals surface area contributed by atoms with Crippen LogP contribution in [0.3, 0.4) is 0 Å². The van der Waals surface area contributed by atoms with Gasteiger partial charge in [0.05, 0.1) is 18.2 Å². The molecule has 3 atom stereocenters. The lowest BCUT2D eigenvalue weighted by molar-refractivity contribution is 0.0851. The molecule has 0 spiro atoms. The lowest BCUT2D eigenvalue weighted by Gasteiger charge is -2.25. The van der Waals surface area contributed by atoms with Gasteiger partial charge in [0, 0.05) is 28.9 Å². The number of amides is 2. The Kier molecular flexibility index (Phi) is 10.9. The van der Waals surface area contributed by atoms with Crippen LogP contribution in [0.1, 0.15) is 62.1 Å². The molecule has 0 saturated carbocycles. The lowest BCUT2D eigenvalue weighted by atomic mass is 9.93. The molecule has 0 fully saturated rings. The standard InChI is InChI=1S/C40H39N3O4/c1-27(30-16-8-4-9-17-30)42-39(46)32-23-31(36-21-13-12-20-35(36)28(2)44)24-33(25-32)40(47)43-37(22-29-14-6-3-7-15-29)38(45)26-41-34-18-10-5-11-19-34/h3-21,23-25,27,37-38,41,45H,22,26H2,1-2H3,(H,42,46)(H,43,47)/t27-,37+,38-/m1/s1. The van der Waals surface area contributed by atoms with Gasteiger partial charge >= 0.3 is 0 Å². The number of anilines is 1. The maximum absolute atomic E-state index is 14.0. The van der Waals surface area contributed by atoms with E-state index in [-0.39, 0.29) is 35.4 Å². The van der Waals surface area contributed by atoms with Crippen LogP contribution < -0.4 is 16.0 Å². The summed E-state index contributed by atoms with van der Waals surface area (Å²) in [7, 11) is 0. The lowest BCUT2D eigenvalue weighted by Crippen LogP contribution is -2.47. The molecule has 5 aromatic rings. The number of rotatable bonds is 13. The SMILES string of the molecule is CC(=O)c1ccccc1-c1cc(C(=O)N[C@@H](Cc2ccccc2)[C@H](O)CNc2ccccc2)cc(C(=O)N[C@H](C)c2ccccc2)c1. The first kappa shape index (κ1) is 32.9. The summed E-state index contributed by atoms with van der Waals surface area (Å²) in [5.41, 5.74) is 4.93. The van der Waals surface area contributed by atoms with E-state index in [1.165, 1.54) is 6.92 Å². The van der Waals surface area contributed by atoms with Gasteiger partial charge in [0.25, 0.3) is 11.8 Å². The van der Waals surface area contributed by atoms with E-state index in [0.717, 1.165) is 16.8 Å². The third kappa shape index (κ3) is 8.81. The second kappa shape index (κ2) is 15.7. The minimum atomic E-state index is -0.935. The summed E-state index contributed by atoms with van der Waals surface area (Å²) >= 11 is 0. The van der Waals surface area contributed by atoms with Crippen LogP contribution in [0.15, 0.2) is 133 Å². The summed E-state index contributed by atoms with van der Waals surface area (Å²) in [6.07, 6.45) is -0.547. The van der Waals surface area contributed by atoms with Gasteiger partial charge in [0.15, 0.2) is 5.78 Å². The highest BCUT2D eigenvalue weighted by Crippen LogP contribution is 2.27. The predicted molar refractivity (Wildman–Crippen MR) is 187 cm³/mol. The van der Waals surface area contributed by atoms with Crippen molar-refractivity contribution in [3.8, 4) is 11.1 Å². The van der Waals surface area contributed by atoms with Crippen LogP contribution in [-0.2, 0) is 6.42 Å². The first-order chi connectivity index (χ1) is 22.8. The van der Waals surface area contributed by atoms with Gasteiger partial charge in [0.2, 0.25) is 0 Å². The smallest absolute Gasteiger partial charge is 0.251 e. The second-order valence-electron chi connectivity index (χ2n) is 11.6. The van der Waals surface area contributed by atoms with Crippen LogP contribution in [0, 0.1) is 0 Å². The van der Waals surface area contributed by atoms with Crippen LogP contribution in [0.5, 0.6) is 0 Å². The van der Waals surface area contributed by atoms with Crippen LogP contribution in [0.2, 0.25) is 0 Å². The summed E-state index contributed by atoms with van der Waals surface area (Å²) in [6, 6.07) is 40.0. The van der Waals surface area contributed by atoms with Crippen molar-refractivity contribution in [1.82, 2.24) is 10.6 Å². The molecular weight excluding hydrogens is 586 g/mol. The highest BCUT2D eigenvalue weighted by atomic mass is 16.3. The average Bonchev–Trinajstić information content (AvgIpc) is 3.11. The number of aliphatic hydroxyl groups is 1. The summed E-state index contributed by atoms with van der Waals surface area (Å²) in [5.74, 6) is -0.932. The predicted octanol–water partition coefficient (Wildman–Crippen LogP) is 6.86. The zero-order valence-corrected chi connectivity index (χ0v) is 26.5. The summed E-state index contributed by atoms with van der Waals surface area (Å²) in [5, 5.41) is 20.6. The summed E-state index contributed by atoms with van der Waals surface area (Å²) < 4.78 is 0. The van der Waals surface area contributed by atoms with Crippen molar-refractivity contribution >= 4 is 23.3 Å². The Labute approximate surface area is 275 Å². The number of carbonyl (C=O) groups is 3. The van der Waals surface area contributed by atoms with Gasteiger partial charge in [-0.3, -0.25) is 14.4 Å². The van der Waals surface area contributed by atoms with E-state index in [9.17, 15) is 19.5 Å². The average molecular weight is 626 g/mol. The van der Waals surface area contributed by atoms with E-state index in [1.54, 1.807) is 36.4 Å². The first-order valence-electron chi connectivity index (χ1n) is 15.7. The maximum Gasteiger partial charge on any atom is 0.251 e. The van der Waals surface area contributed by atoms with Gasteiger partial charge < -0.3 is 21.1 Å². The van der Waals surface area contributed by atoms with E-state index in [1.807, 2.05) is 104 Å². The topological polar surface area (TPSA) is 108 Å². The van der Waals surface area contributed by atoms with Crippen molar-refractivity contribution in [3.63, 3.8) is 0 Å². The van der Waals surface area contributed by atoms with E-state index >= 15 is 0 Å². The van der Waals surface area contributed by atoms with Crippen molar-refractivity contribution in [1.29, 1.82) is 0 Å². The molecule has 2 amide bonds. The Morgan fingerprint density at radius 1 is 0.681 bits per heavy atom. The monoisotopic (exact) mass is 625 g/mol. The minimum Gasteiger partial charge on any atom is -0.389 e. The molecule has 0 radical (unpaired) electrons. The quantitative estimate of drug-likeness (QED) is 0.107. The van der Waals surface area contributed by atoms with Crippen molar-refractivity contribution < 1.29 is 19.5 Å². The molecule has 4 N–H and O–H groups in total. The molecule has 0 bridgehead atoms. The zero-order valence-electron chi connectivity index (χ0n) is 26.5. The number of carbonyl (C=O) groups excluding carboxylic acids is 3. The number of Topliss-reactive ketones (excluding diaryl/α,β-unsaturated/α-hetero) is 1. The number of hydrogen-bond donors (Lipinski definition) is 4. The van der Waals surface area contributed by atoms with Gasteiger partial charge in [-0.1, -0.05) is 103 Å². The van der Waals surface area contributed by atoms with Gasteiger partial charge in [-0.25, -0.2) is 0 Å². The molecule has 0 aliphatic rings. The number of ketones is 1. The molecule has 7 nitrogen and oxygen atoms in total. The minimum absolute atomic E-state index is 0.129. The third-order valence-corrected chi connectivity index (χ3v) is 8.09. The van der Waals surface area contributed by atoms with E-state index < -0.39 is 18.1 Å². The fourth-order valence-corrected chi connectivity index (χ4v) is 5.52. The van der Waals surface area contributed by atoms with Gasteiger partial charge in [-0.2, -0.15) is 0 Å². The third-order valence-electron chi connectivity index (χ3n) is 8.09. The Morgan fingerprint density at radius 2 is 1.23 bits per heavy atom. The van der Waals surface area contributed by atoms with Crippen LogP contribution >= 0.6 is 0 Å². The fourth-order valence-electron chi connectivity index (χ4n) is 5.52. The molecule has 0 aromatic heterocycles. The maximum atomic E-state index is 14.0. The van der Waals surface area contributed by atoms with E-state index in [2.05, 4.69) is 16.0 Å². The van der Waals surface area contributed by atoms with Crippen LogP contribution in [-0.4, -0.2) is 41.4 Å². The molecule has 7 heteroatoms. The number of benzene rings is 5. The molecular formula is C40H39N3O4. The number of nitrogens with one attached hydrogen (secondary N) is 3. The molecule has 0 heterocycles.